The van der Waals surface area contributed by atoms with Gasteiger partial charge in [-0.1, -0.05) is 0 Å². The molecule has 104 valence electrons. The zero-order chi connectivity index (χ0) is 13.7. The number of ether oxygens (including phenoxy) is 3. The average molecular weight is 266 g/mol. The summed E-state index contributed by atoms with van der Waals surface area (Å²) in [7, 11) is 1.60. The molecule has 6 heteroatoms. The molecule has 0 spiro atoms. The summed E-state index contributed by atoms with van der Waals surface area (Å²) in [5.41, 5.74) is 6.09. The Balaban J connectivity index is 2.11. The monoisotopic (exact) mass is 266 g/mol. The van der Waals surface area contributed by atoms with E-state index in [4.69, 9.17) is 19.9 Å². The highest BCUT2D eigenvalue weighted by Crippen LogP contribution is 2.32. The Morgan fingerprint density at radius 3 is 2.89 bits per heavy atom. The van der Waals surface area contributed by atoms with E-state index in [9.17, 15) is 4.79 Å². The van der Waals surface area contributed by atoms with E-state index in [1.54, 1.807) is 30.2 Å². The SMILES string of the molecule is COCCN(CCN)C(=O)c1ccc2c(c1)OCO2. The van der Waals surface area contributed by atoms with Crippen LogP contribution in [0.25, 0.3) is 0 Å². The maximum absolute atomic E-state index is 12.4. The number of rotatable bonds is 6. The second-order valence-electron chi connectivity index (χ2n) is 4.14. The smallest absolute Gasteiger partial charge is 0.254 e. The van der Waals surface area contributed by atoms with Gasteiger partial charge in [0.05, 0.1) is 6.61 Å². The molecular formula is C13H18N2O4. The Kier molecular flexibility index (Phi) is 4.59. The fraction of sp³-hybridized carbons (Fsp3) is 0.462. The zero-order valence-electron chi connectivity index (χ0n) is 10.9. The molecule has 0 fully saturated rings. The molecule has 1 aromatic carbocycles. The first-order valence-corrected chi connectivity index (χ1v) is 6.14. The first kappa shape index (κ1) is 13.6. The summed E-state index contributed by atoms with van der Waals surface area (Å²) in [6.45, 7) is 2.11. The highest BCUT2D eigenvalue weighted by molar-refractivity contribution is 5.95. The first-order chi connectivity index (χ1) is 9.26. The molecule has 1 heterocycles. The molecule has 0 radical (unpaired) electrons. The number of methoxy groups -OCH3 is 1. The van der Waals surface area contributed by atoms with Crippen molar-refractivity contribution in [1.29, 1.82) is 0 Å². The van der Waals surface area contributed by atoms with Gasteiger partial charge in [-0.25, -0.2) is 0 Å². The van der Waals surface area contributed by atoms with Crippen LogP contribution in [0.15, 0.2) is 18.2 Å². The number of benzene rings is 1. The van der Waals surface area contributed by atoms with Crippen molar-refractivity contribution in [2.24, 2.45) is 5.73 Å². The molecule has 1 aromatic rings. The summed E-state index contributed by atoms with van der Waals surface area (Å²) in [5, 5.41) is 0. The maximum atomic E-state index is 12.4. The van der Waals surface area contributed by atoms with Crippen molar-refractivity contribution in [2.45, 2.75) is 0 Å². The molecule has 0 saturated heterocycles. The van der Waals surface area contributed by atoms with Crippen LogP contribution in [0.1, 0.15) is 10.4 Å². The Bertz CT molecular complexity index is 450. The predicted octanol–water partition coefficient (Wildman–Crippen LogP) is 0.463. The predicted molar refractivity (Wildman–Crippen MR) is 69.4 cm³/mol. The number of carbonyl (C=O) groups is 1. The van der Waals surface area contributed by atoms with Gasteiger partial charge in [0, 0.05) is 32.3 Å². The fourth-order valence-corrected chi connectivity index (χ4v) is 1.88. The van der Waals surface area contributed by atoms with Gasteiger partial charge >= 0.3 is 0 Å². The van der Waals surface area contributed by atoms with E-state index in [0.29, 0.717) is 43.3 Å². The number of nitrogens with two attached hydrogens (primary N) is 1. The largest absolute Gasteiger partial charge is 0.454 e. The van der Waals surface area contributed by atoms with E-state index in [2.05, 4.69) is 0 Å². The van der Waals surface area contributed by atoms with Crippen molar-refractivity contribution < 1.29 is 19.0 Å². The van der Waals surface area contributed by atoms with E-state index < -0.39 is 0 Å². The van der Waals surface area contributed by atoms with Gasteiger partial charge < -0.3 is 24.8 Å². The molecule has 2 rings (SSSR count). The van der Waals surface area contributed by atoms with Gasteiger partial charge in [0.2, 0.25) is 6.79 Å². The third-order valence-electron chi connectivity index (χ3n) is 2.87. The summed E-state index contributed by atoms with van der Waals surface area (Å²) in [6, 6.07) is 5.17. The van der Waals surface area contributed by atoms with Crippen molar-refractivity contribution in [2.75, 3.05) is 40.1 Å². The Morgan fingerprint density at radius 2 is 2.16 bits per heavy atom. The van der Waals surface area contributed by atoms with E-state index in [1.165, 1.54) is 0 Å². The number of fused-ring (bicyclic) bond motifs is 1. The van der Waals surface area contributed by atoms with Gasteiger partial charge in [-0.05, 0) is 18.2 Å². The molecule has 1 aliphatic heterocycles. The minimum atomic E-state index is -0.0826. The maximum Gasteiger partial charge on any atom is 0.254 e. The quantitative estimate of drug-likeness (QED) is 0.810. The van der Waals surface area contributed by atoms with Crippen LogP contribution < -0.4 is 15.2 Å². The summed E-state index contributed by atoms with van der Waals surface area (Å²) in [6.07, 6.45) is 0. The molecule has 0 atom stereocenters. The number of hydrogen-bond donors (Lipinski definition) is 1. The topological polar surface area (TPSA) is 74.0 Å². The number of hydrogen-bond acceptors (Lipinski definition) is 5. The lowest BCUT2D eigenvalue weighted by atomic mass is 10.1. The standard InChI is InChI=1S/C13H18N2O4/c1-17-7-6-15(5-4-14)13(16)10-2-3-11-12(8-10)19-9-18-11/h2-3,8H,4-7,9,14H2,1H3. The minimum absolute atomic E-state index is 0.0826. The molecule has 2 N–H and O–H groups in total. The number of amides is 1. The second kappa shape index (κ2) is 6.40. The summed E-state index contributed by atoms with van der Waals surface area (Å²) >= 11 is 0. The molecule has 0 bridgehead atoms. The molecule has 1 aliphatic rings. The average Bonchev–Trinajstić information content (AvgIpc) is 2.90. The van der Waals surface area contributed by atoms with Crippen LogP contribution in [0.5, 0.6) is 11.5 Å². The third kappa shape index (κ3) is 3.15. The van der Waals surface area contributed by atoms with Crippen molar-refractivity contribution in [1.82, 2.24) is 4.90 Å². The van der Waals surface area contributed by atoms with Gasteiger partial charge in [0.25, 0.3) is 5.91 Å². The Labute approximate surface area is 112 Å². The molecular weight excluding hydrogens is 248 g/mol. The summed E-state index contributed by atoms with van der Waals surface area (Å²) in [5.74, 6) is 1.19. The van der Waals surface area contributed by atoms with Gasteiger partial charge in [0.15, 0.2) is 11.5 Å². The van der Waals surface area contributed by atoms with Crippen LogP contribution in [0.4, 0.5) is 0 Å². The van der Waals surface area contributed by atoms with Crippen LogP contribution in [0, 0.1) is 0 Å². The van der Waals surface area contributed by atoms with Crippen molar-refractivity contribution >= 4 is 5.91 Å². The van der Waals surface area contributed by atoms with Crippen LogP contribution in [-0.4, -0.2) is 51.0 Å². The van der Waals surface area contributed by atoms with Crippen molar-refractivity contribution in [3.8, 4) is 11.5 Å². The van der Waals surface area contributed by atoms with Crippen LogP contribution in [0.3, 0.4) is 0 Å². The minimum Gasteiger partial charge on any atom is -0.454 e. The highest BCUT2D eigenvalue weighted by Gasteiger charge is 2.19. The molecule has 19 heavy (non-hydrogen) atoms. The number of carbonyl (C=O) groups excluding carboxylic acids is 1. The van der Waals surface area contributed by atoms with E-state index >= 15 is 0 Å². The molecule has 6 nitrogen and oxygen atoms in total. The van der Waals surface area contributed by atoms with Gasteiger partial charge in [-0.2, -0.15) is 0 Å². The van der Waals surface area contributed by atoms with E-state index in [-0.39, 0.29) is 12.7 Å². The highest BCUT2D eigenvalue weighted by atomic mass is 16.7. The first-order valence-electron chi connectivity index (χ1n) is 6.14. The number of nitrogens with zero attached hydrogens (tertiary/aromatic N) is 1. The third-order valence-corrected chi connectivity index (χ3v) is 2.87. The van der Waals surface area contributed by atoms with Gasteiger partial charge in [0.1, 0.15) is 0 Å². The fourth-order valence-electron chi connectivity index (χ4n) is 1.88. The summed E-state index contributed by atoms with van der Waals surface area (Å²) in [4.78, 5) is 14.0. The van der Waals surface area contributed by atoms with Crippen molar-refractivity contribution in [3.05, 3.63) is 23.8 Å². The summed E-state index contributed by atoms with van der Waals surface area (Å²) < 4.78 is 15.5. The molecule has 0 saturated carbocycles. The molecule has 1 amide bonds. The lowest BCUT2D eigenvalue weighted by Gasteiger charge is -2.21. The Morgan fingerprint density at radius 1 is 1.37 bits per heavy atom. The lowest BCUT2D eigenvalue weighted by molar-refractivity contribution is 0.0701. The van der Waals surface area contributed by atoms with E-state index in [0.717, 1.165) is 0 Å². The van der Waals surface area contributed by atoms with Gasteiger partial charge in [-0.15, -0.1) is 0 Å². The molecule has 0 aliphatic carbocycles. The van der Waals surface area contributed by atoms with Crippen LogP contribution in [-0.2, 0) is 4.74 Å². The van der Waals surface area contributed by atoms with Gasteiger partial charge in [-0.3, -0.25) is 4.79 Å². The van der Waals surface area contributed by atoms with Crippen LogP contribution >= 0.6 is 0 Å². The van der Waals surface area contributed by atoms with Crippen LogP contribution in [0.2, 0.25) is 0 Å². The zero-order valence-corrected chi connectivity index (χ0v) is 10.9. The molecule has 0 unspecified atom stereocenters. The second-order valence-corrected chi connectivity index (χ2v) is 4.14. The van der Waals surface area contributed by atoms with E-state index in [1.807, 2.05) is 0 Å². The van der Waals surface area contributed by atoms with Crippen molar-refractivity contribution in [3.63, 3.8) is 0 Å². The normalized spacial score (nSPS) is 12.5. The Hall–Kier alpha value is -1.79. The lowest BCUT2D eigenvalue weighted by Crippen LogP contribution is -2.37. The molecule has 0 aromatic heterocycles.